The lowest BCUT2D eigenvalue weighted by Crippen LogP contribution is -2.48. The van der Waals surface area contributed by atoms with Crippen LogP contribution in [0.4, 0.5) is 0 Å². The molecular formula is C18H28N2O. The molecule has 1 aromatic rings. The Bertz CT molecular complexity index is 470. The van der Waals surface area contributed by atoms with Gasteiger partial charge in [0.25, 0.3) is 0 Å². The van der Waals surface area contributed by atoms with Gasteiger partial charge >= 0.3 is 0 Å². The average Bonchev–Trinajstić information content (AvgIpc) is 3.30. The van der Waals surface area contributed by atoms with Crippen LogP contribution in [0.5, 0.6) is 0 Å². The van der Waals surface area contributed by atoms with E-state index in [0.29, 0.717) is 12.1 Å². The highest BCUT2D eigenvalue weighted by atomic mass is 16.5. The number of benzene rings is 1. The van der Waals surface area contributed by atoms with Crippen LogP contribution in [-0.4, -0.2) is 43.8 Å². The molecule has 3 heteroatoms. The van der Waals surface area contributed by atoms with Crippen molar-refractivity contribution >= 4 is 0 Å². The topological polar surface area (TPSA) is 24.5 Å². The predicted molar refractivity (Wildman–Crippen MR) is 86.7 cm³/mol. The third-order valence-electron chi connectivity index (χ3n) is 4.63. The largest absolute Gasteiger partial charge is 0.374 e. The highest BCUT2D eigenvalue weighted by Gasteiger charge is 2.32. The molecule has 3 nitrogen and oxygen atoms in total. The van der Waals surface area contributed by atoms with Crippen LogP contribution in [0, 0.1) is 0 Å². The summed E-state index contributed by atoms with van der Waals surface area (Å²) in [6.45, 7) is 7.14. The Kier molecular flexibility index (Phi) is 4.63. The lowest BCUT2D eigenvalue weighted by Gasteiger charge is -2.40. The zero-order chi connectivity index (χ0) is 14.8. The molecular weight excluding hydrogens is 260 g/mol. The van der Waals surface area contributed by atoms with Gasteiger partial charge in [-0.05, 0) is 36.9 Å². The number of likely N-dealkylation sites (N-methyl/N-ethyl adjacent to an activating group) is 1. The summed E-state index contributed by atoms with van der Waals surface area (Å²) in [6.07, 6.45) is 2.96. The summed E-state index contributed by atoms with van der Waals surface area (Å²) in [5.74, 6) is 0.812. The minimum atomic E-state index is 0.237. The highest BCUT2D eigenvalue weighted by Crippen LogP contribution is 2.41. The lowest BCUT2D eigenvalue weighted by molar-refractivity contribution is -0.0620. The minimum absolute atomic E-state index is 0.237. The van der Waals surface area contributed by atoms with E-state index < -0.39 is 0 Å². The fourth-order valence-electron chi connectivity index (χ4n) is 3.27. The van der Waals surface area contributed by atoms with E-state index in [9.17, 15) is 0 Å². The van der Waals surface area contributed by atoms with E-state index >= 15 is 0 Å². The van der Waals surface area contributed by atoms with Gasteiger partial charge in [-0.3, -0.25) is 4.90 Å². The first kappa shape index (κ1) is 15.0. The molecule has 1 aliphatic heterocycles. The number of ether oxygens (including phenoxy) is 1. The molecule has 0 spiro atoms. The van der Waals surface area contributed by atoms with Gasteiger partial charge in [-0.1, -0.05) is 38.1 Å². The van der Waals surface area contributed by atoms with E-state index in [-0.39, 0.29) is 6.10 Å². The predicted octanol–water partition coefficient (Wildman–Crippen LogP) is 2.93. The van der Waals surface area contributed by atoms with Crippen molar-refractivity contribution in [3.8, 4) is 0 Å². The van der Waals surface area contributed by atoms with Gasteiger partial charge in [-0.15, -0.1) is 0 Å². The molecule has 116 valence electrons. The fraction of sp³-hybridized carbons (Fsp3) is 0.667. The third kappa shape index (κ3) is 3.65. The van der Waals surface area contributed by atoms with Crippen LogP contribution < -0.4 is 5.32 Å². The maximum Gasteiger partial charge on any atom is 0.0896 e. The second-order valence-corrected chi connectivity index (χ2v) is 6.84. The van der Waals surface area contributed by atoms with E-state index in [1.54, 1.807) is 0 Å². The van der Waals surface area contributed by atoms with E-state index in [1.165, 1.54) is 24.0 Å². The molecule has 0 aromatic heterocycles. The minimum Gasteiger partial charge on any atom is -0.374 e. The summed E-state index contributed by atoms with van der Waals surface area (Å²) in [7, 11) is 2.22. The summed E-state index contributed by atoms with van der Waals surface area (Å²) < 4.78 is 6.08. The van der Waals surface area contributed by atoms with Gasteiger partial charge in [0, 0.05) is 19.1 Å². The SMILES string of the molecule is CC(C)NCC1OCCN(C)C1c1cccc(C2CC2)c1. The van der Waals surface area contributed by atoms with Crippen molar-refractivity contribution in [1.82, 2.24) is 10.2 Å². The molecule has 21 heavy (non-hydrogen) atoms. The van der Waals surface area contributed by atoms with E-state index in [1.807, 2.05) is 0 Å². The second-order valence-electron chi connectivity index (χ2n) is 6.84. The molecule has 1 heterocycles. The molecule has 0 amide bonds. The van der Waals surface area contributed by atoms with Gasteiger partial charge in [-0.25, -0.2) is 0 Å². The Labute approximate surface area is 128 Å². The van der Waals surface area contributed by atoms with E-state index in [2.05, 4.69) is 55.4 Å². The number of hydrogen-bond donors (Lipinski definition) is 1. The van der Waals surface area contributed by atoms with Crippen LogP contribution in [0.25, 0.3) is 0 Å². The Hall–Kier alpha value is -0.900. The van der Waals surface area contributed by atoms with Crippen LogP contribution in [0.15, 0.2) is 24.3 Å². The molecule has 0 bridgehead atoms. The summed E-state index contributed by atoms with van der Waals surface area (Å²) in [5.41, 5.74) is 2.93. The Morgan fingerprint density at radius 3 is 2.76 bits per heavy atom. The van der Waals surface area contributed by atoms with E-state index in [0.717, 1.165) is 25.6 Å². The van der Waals surface area contributed by atoms with Crippen molar-refractivity contribution in [1.29, 1.82) is 0 Å². The van der Waals surface area contributed by atoms with E-state index in [4.69, 9.17) is 4.74 Å². The quantitative estimate of drug-likeness (QED) is 0.901. The molecule has 2 unspecified atom stereocenters. The highest BCUT2D eigenvalue weighted by molar-refractivity contribution is 5.31. The fourth-order valence-corrected chi connectivity index (χ4v) is 3.27. The standard InChI is InChI=1S/C18H28N2O/c1-13(2)19-12-17-18(20(3)9-10-21-17)16-6-4-5-15(11-16)14-7-8-14/h4-6,11,13-14,17-19H,7-10,12H2,1-3H3. The van der Waals surface area contributed by atoms with Gasteiger partial charge in [0.05, 0.1) is 18.8 Å². The number of nitrogens with zero attached hydrogens (tertiary/aromatic N) is 1. The molecule has 2 atom stereocenters. The van der Waals surface area contributed by atoms with Gasteiger partial charge < -0.3 is 10.1 Å². The van der Waals surface area contributed by atoms with Gasteiger partial charge in [0.2, 0.25) is 0 Å². The maximum atomic E-state index is 6.08. The summed E-state index contributed by atoms with van der Waals surface area (Å²) >= 11 is 0. The van der Waals surface area contributed by atoms with Crippen LogP contribution in [-0.2, 0) is 4.74 Å². The van der Waals surface area contributed by atoms with Gasteiger partial charge in [0.15, 0.2) is 0 Å². The van der Waals surface area contributed by atoms with Gasteiger partial charge in [-0.2, -0.15) is 0 Å². The van der Waals surface area contributed by atoms with Crippen molar-refractivity contribution in [2.45, 2.75) is 50.8 Å². The van der Waals surface area contributed by atoms with Crippen molar-refractivity contribution in [3.63, 3.8) is 0 Å². The molecule has 3 rings (SSSR count). The first-order chi connectivity index (χ1) is 10.1. The third-order valence-corrected chi connectivity index (χ3v) is 4.63. The van der Waals surface area contributed by atoms with Crippen LogP contribution in [0.1, 0.15) is 49.8 Å². The molecule has 1 aromatic carbocycles. The molecule has 1 N–H and O–H groups in total. The summed E-state index contributed by atoms with van der Waals surface area (Å²) in [6, 6.07) is 10.0. The normalized spacial score (nSPS) is 27.2. The van der Waals surface area contributed by atoms with Crippen LogP contribution >= 0.6 is 0 Å². The maximum absolute atomic E-state index is 6.08. The van der Waals surface area contributed by atoms with Crippen LogP contribution in [0.3, 0.4) is 0 Å². The van der Waals surface area contributed by atoms with Gasteiger partial charge in [0.1, 0.15) is 0 Å². The summed E-state index contributed by atoms with van der Waals surface area (Å²) in [4.78, 5) is 2.45. The Morgan fingerprint density at radius 1 is 1.29 bits per heavy atom. The van der Waals surface area contributed by atoms with Crippen molar-refractivity contribution in [2.75, 3.05) is 26.7 Å². The summed E-state index contributed by atoms with van der Waals surface area (Å²) in [5, 5.41) is 3.53. The van der Waals surface area contributed by atoms with Crippen molar-refractivity contribution < 1.29 is 4.74 Å². The second kappa shape index (κ2) is 6.47. The average molecular weight is 288 g/mol. The molecule has 2 fully saturated rings. The van der Waals surface area contributed by atoms with Crippen LogP contribution in [0.2, 0.25) is 0 Å². The number of rotatable bonds is 5. The molecule has 1 saturated heterocycles. The molecule has 2 aliphatic rings. The monoisotopic (exact) mass is 288 g/mol. The molecule has 1 aliphatic carbocycles. The molecule has 0 radical (unpaired) electrons. The smallest absolute Gasteiger partial charge is 0.0896 e. The Balaban J connectivity index is 1.79. The lowest BCUT2D eigenvalue weighted by atomic mass is 9.95. The Morgan fingerprint density at radius 2 is 2.05 bits per heavy atom. The van der Waals surface area contributed by atoms with Crippen molar-refractivity contribution in [3.05, 3.63) is 35.4 Å². The van der Waals surface area contributed by atoms with Crippen molar-refractivity contribution in [2.24, 2.45) is 0 Å². The first-order valence-electron chi connectivity index (χ1n) is 8.30. The first-order valence-corrected chi connectivity index (χ1v) is 8.30. The number of nitrogens with one attached hydrogen (secondary N) is 1. The zero-order valence-electron chi connectivity index (χ0n) is 13.5. The number of hydrogen-bond acceptors (Lipinski definition) is 3. The zero-order valence-corrected chi connectivity index (χ0v) is 13.5. The number of morpholine rings is 1. The molecule has 1 saturated carbocycles.